The fourth-order valence-electron chi connectivity index (χ4n) is 1.96. The van der Waals surface area contributed by atoms with E-state index in [4.69, 9.17) is 4.74 Å². The van der Waals surface area contributed by atoms with Gasteiger partial charge in [0.25, 0.3) is 0 Å². The molecule has 2 heterocycles. The van der Waals surface area contributed by atoms with Gasteiger partial charge < -0.3 is 14.4 Å². The third-order valence-electron chi connectivity index (χ3n) is 3.14. The van der Waals surface area contributed by atoms with E-state index in [0.717, 1.165) is 10.5 Å². The maximum Gasteiger partial charge on any atom is 0.337 e. The van der Waals surface area contributed by atoms with Crippen molar-refractivity contribution in [1.82, 2.24) is 9.55 Å². The first kappa shape index (κ1) is 16.2. The number of carboxylic acid groups (broad SMARTS) is 1. The molecule has 2 aromatic rings. The van der Waals surface area contributed by atoms with Gasteiger partial charge in [-0.05, 0) is 28.0 Å². The van der Waals surface area contributed by atoms with Gasteiger partial charge in [0.2, 0.25) is 0 Å². The molecular formula is C14H19BrN2O3Si. The minimum absolute atomic E-state index is 0.243. The Bertz CT molecular complexity index is 664. The Kier molecular flexibility index (Phi) is 4.85. The summed E-state index contributed by atoms with van der Waals surface area (Å²) in [5.41, 5.74) is 0.871. The Morgan fingerprint density at radius 2 is 2.19 bits per heavy atom. The second-order valence-corrected chi connectivity index (χ2v) is 12.7. The van der Waals surface area contributed by atoms with E-state index in [1.807, 2.05) is 0 Å². The molecule has 21 heavy (non-hydrogen) atoms. The van der Waals surface area contributed by atoms with Gasteiger partial charge in [-0.25, -0.2) is 9.78 Å². The topological polar surface area (TPSA) is 64.3 Å². The van der Waals surface area contributed by atoms with E-state index < -0.39 is 14.0 Å². The molecule has 0 aliphatic rings. The van der Waals surface area contributed by atoms with Gasteiger partial charge in [0.1, 0.15) is 12.4 Å². The minimum Gasteiger partial charge on any atom is -0.478 e. The van der Waals surface area contributed by atoms with Gasteiger partial charge in [-0.15, -0.1) is 0 Å². The Hall–Kier alpha value is -1.18. The van der Waals surface area contributed by atoms with E-state index in [1.54, 1.807) is 23.0 Å². The molecular weight excluding hydrogens is 352 g/mol. The lowest BCUT2D eigenvalue weighted by Crippen LogP contribution is -2.22. The second kappa shape index (κ2) is 6.29. The average Bonchev–Trinajstić information content (AvgIpc) is 2.71. The summed E-state index contributed by atoms with van der Waals surface area (Å²) in [5.74, 6) is -0.958. The molecule has 2 rings (SSSR count). The Morgan fingerprint density at radius 3 is 2.81 bits per heavy atom. The predicted octanol–water partition coefficient (Wildman–Crippen LogP) is 3.81. The Morgan fingerprint density at radius 1 is 1.48 bits per heavy atom. The van der Waals surface area contributed by atoms with Gasteiger partial charge >= 0.3 is 5.97 Å². The summed E-state index contributed by atoms with van der Waals surface area (Å²) in [7, 11) is -1.12. The van der Waals surface area contributed by atoms with E-state index in [1.165, 1.54) is 0 Å². The van der Waals surface area contributed by atoms with Crippen LogP contribution >= 0.6 is 15.9 Å². The molecule has 0 fully saturated rings. The van der Waals surface area contributed by atoms with E-state index in [0.29, 0.717) is 24.4 Å². The maximum absolute atomic E-state index is 11.3. The number of hydrogen-bond acceptors (Lipinski definition) is 3. The third-order valence-corrected chi connectivity index (χ3v) is 5.28. The molecule has 0 atom stereocenters. The summed E-state index contributed by atoms with van der Waals surface area (Å²) in [6, 6.07) is 2.85. The molecule has 7 heteroatoms. The molecule has 0 radical (unpaired) electrons. The van der Waals surface area contributed by atoms with Gasteiger partial charge in [-0.2, -0.15) is 0 Å². The molecule has 0 bridgehead atoms. The van der Waals surface area contributed by atoms with Crippen molar-refractivity contribution in [3.8, 4) is 0 Å². The van der Waals surface area contributed by atoms with E-state index in [9.17, 15) is 9.90 Å². The normalized spacial score (nSPS) is 12.0. The zero-order valence-electron chi connectivity index (χ0n) is 12.4. The molecule has 0 aromatic carbocycles. The lowest BCUT2D eigenvalue weighted by atomic mass is 10.2. The number of halogens is 1. The van der Waals surface area contributed by atoms with E-state index in [2.05, 4.69) is 40.6 Å². The zero-order valence-corrected chi connectivity index (χ0v) is 15.0. The van der Waals surface area contributed by atoms with Crippen molar-refractivity contribution in [3.63, 3.8) is 0 Å². The number of aromatic carboxylic acids is 1. The molecule has 1 N–H and O–H groups in total. The fourth-order valence-corrected chi connectivity index (χ4v) is 3.04. The van der Waals surface area contributed by atoms with Crippen LogP contribution in [0.5, 0.6) is 0 Å². The van der Waals surface area contributed by atoms with Crippen molar-refractivity contribution in [2.75, 3.05) is 6.61 Å². The second-order valence-electron chi connectivity index (χ2n) is 6.19. The summed E-state index contributed by atoms with van der Waals surface area (Å²) in [6.07, 6.45) is 3.24. The monoisotopic (exact) mass is 370 g/mol. The summed E-state index contributed by atoms with van der Waals surface area (Å²) < 4.78 is 8.18. The maximum atomic E-state index is 11.3. The van der Waals surface area contributed by atoms with E-state index >= 15 is 0 Å². The predicted molar refractivity (Wildman–Crippen MR) is 88.5 cm³/mol. The average molecular weight is 371 g/mol. The summed E-state index contributed by atoms with van der Waals surface area (Å²) in [5, 5.41) is 9.89. The van der Waals surface area contributed by atoms with Gasteiger partial charge in [-0.3, -0.25) is 0 Å². The molecule has 0 unspecified atom stereocenters. The summed E-state index contributed by atoms with van der Waals surface area (Å²) in [4.78, 5) is 15.6. The highest BCUT2D eigenvalue weighted by Gasteiger charge is 2.16. The first-order valence-electron chi connectivity index (χ1n) is 6.73. The largest absolute Gasteiger partial charge is 0.478 e. The molecule has 0 amide bonds. The van der Waals surface area contributed by atoms with Crippen molar-refractivity contribution in [2.24, 2.45) is 0 Å². The molecule has 2 aromatic heterocycles. The number of carbonyl (C=O) groups is 1. The number of pyridine rings is 1. The molecule has 5 nitrogen and oxygen atoms in total. The lowest BCUT2D eigenvalue weighted by molar-refractivity contribution is 0.0696. The number of fused-ring (bicyclic) bond motifs is 1. The smallest absolute Gasteiger partial charge is 0.337 e. The van der Waals surface area contributed by atoms with Crippen LogP contribution in [0, 0.1) is 0 Å². The van der Waals surface area contributed by atoms with Crippen molar-refractivity contribution in [1.29, 1.82) is 0 Å². The van der Waals surface area contributed by atoms with Crippen LogP contribution in [0.1, 0.15) is 10.4 Å². The first-order valence-corrected chi connectivity index (χ1v) is 11.2. The Balaban J connectivity index is 2.18. The van der Waals surface area contributed by atoms with Crippen LogP contribution in [-0.4, -0.2) is 35.3 Å². The highest BCUT2D eigenvalue weighted by atomic mass is 79.9. The SMILES string of the molecule is C[Si](C)(C)CCOCn1cc(C(=O)O)c2cc(Br)cnc21. The highest BCUT2D eigenvalue weighted by molar-refractivity contribution is 9.10. The van der Waals surface area contributed by atoms with Crippen LogP contribution in [0.2, 0.25) is 25.7 Å². The van der Waals surface area contributed by atoms with Crippen LogP contribution in [0.3, 0.4) is 0 Å². The van der Waals surface area contributed by atoms with Crippen molar-refractivity contribution in [2.45, 2.75) is 32.4 Å². The van der Waals surface area contributed by atoms with Crippen molar-refractivity contribution in [3.05, 3.63) is 28.5 Å². The fraction of sp³-hybridized carbons (Fsp3) is 0.429. The van der Waals surface area contributed by atoms with Crippen LogP contribution < -0.4 is 0 Å². The van der Waals surface area contributed by atoms with Gasteiger partial charge in [-0.1, -0.05) is 19.6 Å². The molecule has 0 aliphatic heterocycles. The number of nitrogens with zero attached hydrogens (tertiary/aromatic N) is 2. The van der Waals surface area contributed by atoms with Crippen LogP contribution in [0.4, 0.5) is 0 Å². The third kappa shape index (κ3) is 4.15. The molecule has 0 saturated carbocycles. The molecule has 0 spiro atoms. The standard InChI is InChI=1S/C14H19BrN2O3Si/c1-21(2,3)5-4-20-9-17-8-12(14(18)19)11-6-10(15)7-16-13(11)17/h6-8H,4-5,9H2,1-3H3,(H,18,19). The lowest BCUT2D eigenvalue weighted by Gasteiger charge is -2.15. The highest BCUT2D eigenvalue weighted by Crippen LogP contribution is 2.23. The van der Waals surface area contributed by atoms with Crippen molar-refractivity contribution >= 4 is 41.0 Å². The number of hydrogen-bond donors (Lipinski definition) is 1. The number of rotatable bonds is 6. The van der Waals surface area contributed by atoms with Gasteiger partial charge in [0.15, 0.2) is 0 Å². The van der Waals surface area contributed by atoms with Crippen LogP contribution in [0.15, 0.2) is 22.9 Å². The van der Waals surface area contributed by atoms with Crippen LogP contribution in [0.25, 0.3) is 11.0 Å². The zero-order chi connectivity index (χ0) is 15.6. The number of carboxylic acids is 1. The van der Waals surface area contributed by atoms with E-state index in [-0.39, 0.29) is 5.56 Å². The molecule has 0 aliphatic carbocycles. The summed E-state index contributed by atoms with van der Waals surface area (Å²) >= 11 is 3.32. The number of ether oxygens (including phenoxy) is 1. The van der Waals surface area contributed by atoms with Crippen molar-refractivity contribution < 1.29 is 14.6 Å². The first-order chi connectivity index (χ1) is 9.78. The summed E-state index contributed by atoms with van der Waals surface area (Å²) in [6.45, 7) is 7.90. The Labute approximate surface area is 133 Å². The van der Waals surface area contributed by atoms with Crippen LogP contribution in [-0.2, 0) is 11.5 Å². The number of aromatic nitrogens is 2. The minimum atomic E-state index is -1.12. The molecule has 114 valence electrons. The van der Waals surface area contributed by atoms with Gasteiger partial charge in [0.05, 0.1) is 5.56 Å². The van der Waals surface area contributed by atoms with Gasteiger partial charge in [0, 0.05) is 36.9 Å². The quantitative estimate of drug-likeness (QED) is 0.620. The molecule has 0 saturated heterocycles.